The van der Waals surface area contributed by atoms with Crippen LogP contribution in [-0.2, 0) is 4.79 Å². The number of nitrogens with zero attached hydrogens (tertiary/aromatic N) is 1. The molecule has 0 aromatic rings. The van der Waals surface area contributed by atoms with Gasteiger partial charge in [-0.05, 0) is 26.6 Å². The number of carboxylic acid groups (broad SMARTS) is 1. The number of hydrogen-bond donors (Lipinski definition) is 2. The molecule has 0 radical (unpaired) electrons. The minimum Gasteiger partial charge on any atom is -0.479 e. The van der Waals surface area contributed by atoms with Crippen LogP contribution in [0.25, 0.3) is 0 Å². The topological polar surface area (TPSA) is 60.8 Å². The normalized spacial score (nSPS) is 11.8. The number of aliphatic hydroxyl groups is 1. The molecule has 1 unspecified atom stereocenters. The Morgan fingerprint density at radius 1 is 1.23 bits per heavy atom. The minimum absolute atomic E-state index is 1.19. The molecule has 1 atom stereocenters. The molecule has 0 aromatic carbocycles. The zero-order valence-corrected chi connectivity index (χ0v) is 8.95. The highest BCUT2D eigenvalue weighted by Crippen LogP contribution is 1.81. The molecule has 0 amide bonds. The Kier molecular flexibility index (Phi) is 10.9. The molecule has 0 fully saturated rings. The van der Waals surface area contributed by atoms with Crippen molar-refractivity contribution >= 4 is 5.97 Å². The second-order valence-corrected chi connectivity index (χ2v) is 2.63. The van der Waals surface area contributed by atoms with Crippen molar-refractivity contribution in [3.05, 3.63) is 0 Å². The standard InChI is InChI=1S/C6H15N.C3H6O3/c1-4-7(5-2)6-3;1-2(4)3(5)6/h4-6H2,1-3H3;2,4H,1H3,(H,5,6). The number of aliphatic carboxylic acids is 1. The van der Waals surface area contributed by atoms with Crippen LogP contribution in [0.1, 0.15) is 27.7 Å². The summed E-state index contributed by atoms with van der Waals surface area (Å²) >= 11 is 0. The van der Waals surface area contributed by atoms with Gasteiger partial charge >= 0.3 is 5.97 Å². The van der Waals surface area contributed by atoms with Gasteiger partial charge < -0.3 is 15.1 Å². The van der Waals surface area contributed by atoms with Gasteiger partial charge in [0.2, 0.25) is 0 Å². The number of aliphatic hydroxyl groups excluding tert-OH is 1. The van der Waals surface area contributed by atoms with E-state index in [0.29, 0.717) is 0 Å². The van der Waals surface area contributed by atoms with Crippen LogP contribution in [0.5, 0.6) is 0 Å². The van der Waals surface area contributed by atoms with Gasteiger partial charge in [0.25, 0.3) is 0 Å². The molecule has 0 aliphatic carbocycles. The summed E-state index contributed by atoms with van der Waals surface area (Å²) in [5.41, 5.74) is 0. The molecule has 0 heterocycles. The molecule has 4 heteroatoms. The van der Waals surface area contributed by atoms with Gasteiger partial charge in [0.05, 0.1) is 0 Å². The maximum absolute atomic E-state index is 9.45. The Labute approximate surface area is 80.2 Å². The monoisotopic (exact) mass is 191 g/mol. The van der Waals surface area contributed by atoms with Crippen LogP contribution in [0.15, 0.2) is 0 Å². The average molecular weight is 191 g/mol. The average Bonchev–Trinajstić information content (AvgIpc) is 2.08. The third-order valence-electron chi connectivity index (χ3n) is 1.70. The molecule has 0 spiro atoms. The highest BCUT2D eigenvalue weighted by Gasteiger charge is 2.01. The fourth-order valence-electron chi connectivity index (χ4n) is 0.671. The molecular weight excluding hydrogens is 170 g/mol. The van der Waals surface area contributed by atoms with Gasteiger partial charge in [-0.1, -0.05) is 20.8 Å². The van der Waals surface area contributed by atoms with Crippen molar-refractivity contribution in [2.24, 2.45) is 0 Å². The summed E-state index contributed by atoms with van der Waals surface area (Å²) in [6.07, 6.45) is -1.23. The molecule has 0 aliphatic heterocycles. The largest absolute Gasteiger partial charge is 0.479 e. The van der Waals surface area contributed by atoms with E-state index in [1.807, 2.05) is 0 Å². The van der Waals surface area contributed by atoms with E-state index in [4.69, 9.17) is 10.2 Å². The van der Waals surface area contributed by atoms with E-state index in [1.54, 1.807) is 0 Å². The van der Waals surface area contributed by atoms with E-state index in [9.17, 15) is 4.79 Å². The fraction of sp³-hybridized carbons (Fsp3) is 0.889. The molecular formula is C9H21NO3. The predicted molar refractivity (Wildman–Crippen MR) is 52.8 cm³/mol. The molecule has 0 saturated heterocycles. The second-order valence-electron chi connectivity index (χ2n) is 2.63. The van der Waals surface area contributed by atoms with E-state index in [-0.39, 0.29) is 0 Å². The number of carboxylic acids is 1. The summed E-state index contributed by atoms with van der Waals surface area (Å²) in [5, 5.41) is 15.8. The van der Waals surface area contributed by atoms with Crippen LogP contribution in [-0.4, -0.2) is 46.8 Å². The molecule has 13 heavy (non-hydrogen) atoms. The molecule has 0 aliphatic rings. The zero-order chi connectivity index (χ0) is 10.9. The molecule has 80 valence electrons. The molecule has 0 rings (SSSR count). The van der Waals surface area contributed by atoms with Crippen LogP contribution in [0.2, 0.25) is 0 Å². The lowest BCUT2D eigenvalue weighted by molar-refractivity contribution is -0.145. The first-order valence-corrected chi connectivity index (χ1v) is 4.62. The molecule has 0 aromatic heterocycles. The van der Waals surface area contributed by atoms with Crippen molar-refractivity contribution in [1.29, 1.82) is 0 Å². The van der Waals surface area contributed by atoms with Gasteiger partial charge in [-0.3, -0.25) is 0 Å². The summed E-state index contributed by atoms with van der Waals surface area (Å²) in [7, 11) is 0. The van der Waals surface area contributed by atoms with Crippen LogP contribution < -0.4 is 0 Å². The van der Waals surface area contributed by atoms with Gasteiger partial charge in [0.15, 0.2) is 0 Å². The van der Waals surface area contributed by atoms with Gasteiger partial charge in [0, 0.05) is 0 Å². The summed E-state index contributed by atoms with van der Waals surface area (Å²) in [5.74, 6) is -1.19. The van der Waals surface area contributed by atoms with Crippen molar-refractivity contribution in [3.63, 3.8) is 0 Å². The third-order valence-corrected chi connectivity index (χ3v) is 1.70. The van der Waals surface area contributed by atoms with Crippen LogP contribution in [0.4, 0.5) is 0 Å². The van der Waals surface area contributed by atoms with Gasteiger partial charge in [-0.25, -0.2) is 4.79 Å². The van der Waals surface area contributed by atoms with E-state index < -0.39 is 12.1 Å². The molecule has 4 nitrogen and oxygen atoms in total. The smallest absolute Gasteiger partial charge is 0.332 e. The lowest BCUT2D eigenvalue weighted by Gasteiger charge is -2.13. The first kappa shape index (κ1) is 14.9. The van der Waals surface area contributed by atoms with Gasteiger partial charge in [0.1, 0.15) is 6.10 Å². The Balaban J connectivity index is 0. The number of hydrogen-bond acceptors (Lipinski definition) is 3. The summed E-state index contributed by atoms with van der Waals surface area (Å²) in [6.45, 7) is 11.3. The number of carbonyl (C=O) groups is 1. The minimum atomic E-state index is -1.23. The van der Waals surface area contributed by atoms with Crippen LogP contribution in [0, 0.1) is 0 Å². The van der Waals surface area contributed by atoms with Crippen molar-refractivity contribution in [1.82, 2.24) is 4.90 Å². The molecule has 0 bridgehead atoms. The van der Waals surface area contributed by atoms with Crippen molar-refractivity contribution < 1.29 is 15.0 Å². The summed E-state index contributed by atoms with van der Waals surface area (Å²) < 4.78 is 0. The van der Waals surface area contributed by atoms with E-state index >= 15 is 0 Å². The Hall–Kier alpha value is -0.610. The Morgan fingerprint density at radius 3 is 1.46 bits per heavy atom. The lowest BCUT2D eigenvalue weighted by atomic mass is 10.4. The SMILES string of the molecule is CC(O)C(=O)O.CCN(CC)CC. The van der Waals surface area contributed by atoms with E-state index in [0.717, 1.165) is 0 Å². The highest BCUT2D eigenvalue weighted by molar-refractivity contribution is 5.71. The summed E-state index contributed by atoms with van der Waals surface area (Å²) in [4.78, 5) is 11.8. The van der Waals surface area contributed by atoms with Crippen molar-refractivity contribution in [2.45, 2.75) is 33.8 Å². The predicted octanol–water partition coefficient (Wildman–Crippen LogP) is 0.800. The fourth-order valence-corrected chi connectivity index (χ4v) is 0.671. The first-order valence-electron chi connectivity index (χ1n) is 4.62. The zero-order valence-electron chi connectivity index (χ0n) is 8.95. The van der Waals surface area contributed by atoms with Crippen LogP contribution >= 0.6 is 0 Å². The second kappa shape index (κ2) is 9.48. The maximum atomic E-state index is 9.45. The van der Waals surface area contributed by atoms with E-state index in [2.05, 4.69) is 25.7 Å². The molecule has 0 saturated carbocycles. The van der Waals surface area contributed by atoms with Crippen LogP contribution in [0.3, 0.4) is 0 Å². The Morgan fingerprint density at radius 2 is 1.46 bits per heavy atom. The van der Waals surface area contributed by atoms with Crippen molar-refractivity contribution in [3.8, 4) is 0 Å². The maximum Gasteiger partial charge on any atom is 0.332 e. The number of rotatable bonds is 4. The third kappa shape index (κ3) is 11.4. The van der Waals surface area contributed by atoms with Gasteiger partial charge in [-0.2, -0.15) is 0 Å². The Bertz CT molecular complexity index is 117. The van der Waals surface area contributed by atoms with Crippen molar-refractivity contribution in [2.75, 3.05) is 19.6 Å². The quantitative estimate of drug-likeness (QED) is 0.690. The highest BCUT2D eigenvalue weighted by atomic mass is 16.4. The lowest BCUT2D eigenvalue weighted by Crippen LogP contribution is -2.21. The van der Waals surface area contributed by atoms with E-state index in [1.165, 1.54) is 26.6 Å². The summed E-state index contributed by atoms with van der Waals surface area (Å²) in [6, 6.07) is 0. The first-order chi connectivity index (χ1) is 5.99. The molecule has 2 N–H and O–H groups in total. The van der Waals surface area contributed by atoms with Gasteiger partial charge in [-0.15, -0.1) is 0 Å².